The van der Waals surface area contributed by atoms with Gasteiger partial charge in [-0.25, -0.2) is 4.79 Å². The topological polar surface area (TPSA) is 65.4 Å². The Hall–Kier alpha value is -4.01. The molecule has 1 N–H and O–H groups in total. The molecular weight excluding hydrogens is 459 g/mol. The SMILES string of the molecule is COc1ccc2c3ccnc(C)c3n(CCNC(=O)OC/C=C/c3ccc(C(F)(F)F)cc3)c2c1. The number of fused-ring (bicyclic) bond motifs is 3. The van der Waals surface area contributed by atoms with Crippen LogP contribution in [0.5, 0.6) is 5.75 Å². The van der Waals surface area contributed by atoms with Gasteiger partial charge in [0, 0.05) is 36.1 Å². The number of benzene rings is 2. The van der Waals surface area contributed by atoms with Crippen molar-refractivity contribution < 1.29 is 27.4 Å². The number of nitrogens with zero attached hydrogens (tertiary/aromatic N) is 2. The Morgan fingerprint density at radius 1 is 1.11 bits per heavy atom. The zero-order chi connectivity index (χ0) is 25.0. The number of carbonyl (C=O) groups excluding carboxylic acids is 1. The van der Waals surface area contributed by atoms with Crippen LogP contribution in [0.3, 0.4) is 0 Å². The molecular formula is C26H24F3N3O3. The lowest BCUT2D eigenvalue weighted by Gasteiger charge is -2.10. The van der Waals surface area contributed by atoms with Crippen LogP contribution < -0.4 is 10.1 Å². The minimum absolute atomic E-state index is 0.0114. The van der Waals surface area contributed by atoms with Crippen molar-refractivity contribution in [3.05, 3.63) is 77.6 Å². The molecule has 0 aliphatic carbocycles. The van der Waals surface area contributed by atoms with Crippen molar-refractivity contribution in [1.82, 2.24) is 14.9 Å². The zero-order valence-corrected chi connectivity index (χ0v) is 19.2. The molecule has 0 radical (unpaired) electrons. The van der Waals surface area contributed by atoms with Gasteiger partial charge in [0.05, 0.1) is 29.4 Å². The van der Waals surface area contributed by atoms with Crippen molar-refractivity contribution in [2.24, 2.45) is 0 Å². The molecule has 0 fully saturated rings. The molecule has 0 aliphatic rings. The second-order valence-electron chi connectivity index (χ2n) is 7.87. The monoisotopic (exact) mass is 483 g/mol. The molecule has 0 bridgehead atoms. The second-order valence-corrected chi connectivity index (χ2v) is 7.87. The number of nitrogens with one attached hydrogen (secondary N) is 1. The van der Waals surface area contributed by atoms with Gasteiger partial charge in [0.15, 0.2) is 0 Å². The van der Waals surface area contributed by atoms with Crippen LogP contribution in [0.15, 0.2) is 60.8 Å². The molecule has 0 saturated heterocycles. The van der Waals surface area contributed by atoms with Gasteiger partial charge in [-0.2, -0.15) is 13.2 Å². The highest BCUT2D eigenvalue weighted by atomic mass is 19.4. The fourth-order valence-corrected chi connectivity index (χ4v) is 3.97. The summed E-state index contributed by atoms with van der Waals surface area (Å²) < 4.78 is 50.5. The highest BCUT2D eigenvalue weighted by molar-refractivity contribution is 6.09. The summed E-state index contributed by atoms with van der Waals surface area (Å²) in [5.74, 6) is 0.736. The average Bonchev–Trinajstić information content (AvgIpc) is 3.15. The van der Waals surface area contributed by atoms with Gasteiger partial charge in [0.2, 0.25) is 0 Å². The summed E-state index contributed by atoms with van der Waals surface area (Å²) in [6.07, 6.45) is -0.0237. The molecule has 0 aliphatic heterocycles. The average molecular weight is 483 g/mol. The van der Waals surface area contributed by atoms with Gasteiger partial charge >= 0.3 is 12.3 Å². The normalized spacial score (nSPS) is 11.9. The Morgan fingerprint density at radius 3 is 2.60 bits per heavy atom. The number of hydrogen-bond acceptors (Lipinski definition) is 4. The molecule has 0 unspecified atom stereocenters. The third-order valence-electron chi connectivity index (χ3n) is 5.63. The summed E-state index contributed by atoms with van der Waals surface area (Å²) >= 11 is 0. The van der Waals surface area contributed by atoms with Gasteiger partial charge in [-0.15, -0.1) is 0 Å². The Bertz CT molecular complexity index is 1380. The van der Waals surface area contributed by atoms with Gasteiger partial charge in [-0.1, -0.05) is 18.2 Å². The Morgan fingerprint density at radius 2 is 1.89 bits per heavy atom. The Kier molecular flexibility index (Phi) is 6.95. The largest absolute Gasteiger partial charge is 0.497 e. The molecule has 1 amide bonds. The molecule has 9 heteroatoms. The van der Waals surface area contributed by atoms with Crippen LogP contribution >= 0.6 is 0 Å². The summed E-state index contributed by atoms with van der Waals surface area (Å²) in [4.78, 5) is 16.5. The van der Waals surface area contributed by atoms with Crippen LogP contribution in [0.4, 0.5) is 18.0 Å². The minimum atomic E-state index is -4.37. The Labute approximate surface area is 200 Å². The molecule has 2 heterocycles. The number of carbonyl (C=O) groups is 1. The maximum absolute atomic E-state index is 12.6. The summed E-state index contributed by atoms with van der Waals surface area (Å²) in [6.45, 7) is 2.75. The highest BCUT2D eigenvalue weighted by Gasteiger charge is 2.29. The molecule has 0 atom stereocenters. The number of amides is 1. The lowest BCUT2D eigenvalue weighted by molar-refractivity contribution is -0.137. The Balaban J connectivity index is 1.35. The van der Waals surface area contributed by atoms with E-state index in [4.69, 9.17) is 9.47 Å². The quantitative estimate of drug-likeness (QED) is 0.352. The first-order valence-corrected chi connectivity index (χ1v) is 10.9. The zero-order valence-electron chi connectivity index (χ0n) is 19.2. The molecule has 35 heavy (non-hydrogen) atoms. The number of rotatable bonds is 7. The van der Waals surface area contributed by atoms with E-state index in [0.717, 1.165) is 45.4 Å². The third-order valence-corrected chi connectivity index (χ3v) is 5.63. The first-order valence-electron chi connectivity index (χ1n) is 10.9. The smallest absolute Gasteiger partial charge is 0.416 e. The fraction of sp³-hybridized carbons (Fsp3) is 0.231. The standard InChI is InChI=1S/C26H24F3N3O3/c1-17-24-22(11-12-30-17)21-10-9-20(34-2)16-23(21)32(24)14-13-31-25(33)35-15-3-4-18-5-7-19(8-6-18)26(27,28)29/h3-12,16H,13-15H2,1-2H3,(H,31,33)/b4-3+. The molecule has 2 aromatic carbocycles. The van der Waals surface area contributed by atoms with Crippen LogP contribution in [0.25, 0.3) is 27.9 Å². The van der Waals surface area contributed by atoms with E-state index in [2.05, 4.69) is 14.9 Å². The number of pyridine rings is 1. The molecule has 2 aromatic heterocycles. The van der Waals surface area contributed by atoms with Gasteiger partial charge in [0.1, 0.15) is 12.4 Å². The number of alkyl carbamates (subject to hydrolysis) is 1. The van der Waals surface area contributed by atoms with Gasteiger partial charge in [0.25, 0.3) is 0 Å². The fourth-order valence-electron chi connectivity index (χ4n) is 3.97. The van der Waals surface area contributed by atoms with Crippen molar-refractivity contribution in [1.29, 1.82) is 0 Å². The van der Waals surface area contributed by atoms with E-state index in [9.17, 15) is 18.0 Å². The number of ether oxygens (including phenoxy) is 2. The minimum Gasteiger partial charge on any atom is -0.497 e. The van der Waals surface area contributed by atoms with Crippen LogP contribution in [-0.2, 0) is 17.5 Å². The van der Waals surface area contributed by atoms with Crippen molar-refractivity contribution in [2.75, 3.05) is 20.3 Å². The first kappa shape index (κ1) is 24.1. The van der Waals surface area contributed by atoms with E-state index in [0.29, 0.717) is 18.7 Å². The number of aromatic nitrogens is 2. The molecule has 4 aromatic rings. The van der Waals surface area contributed by atoms with E-state index in [1.54, 1.807) is 25.5 Å². The van der Waals surface area contributed by atoms with E-state index >= 15 is 0 Å². The van der Waals surface area contributed by atoms with Gasteiger partial charge in [-0.05, 0) is 48.9 Å². The molecule has 6 nitrogen and oxygen atoms in total. The third kappa shape index (κ3) is 5.40. The van der Waals surface area contributed by atoms with Crippen molar-refractivity contribution >= 4 is 34.0 Å². The van der Waals surface area contributed by atoms with E-state index in [1.165, 1.54) is 12.1 Å². The molecule has 0 saturated carbocycles. The van der Waals surface area contributed by atoms with E-state index < -0.39 is 17.8 Å². The van der Waals surface area contributed by atoms with Crippen LogP contribution in [0, 0.1) is 6.92 Å². The number of alkyl halides is 3. The predicted octanol–water partition coefficient (Wildman–Crippen LogP) is 5.96. The molecule has 182 valence electrons. The van der Waals surface area contributed by atoms with E-state index in [-0.39, 0.29) is 6.61 Å². The summed E-state index contributed by atoms with van der Waals surface area (Å²) in [5.41, 5.74) is 2.72. The summed E-state index contributed by atoms with van der Waals surface area (Å²) in [7, 11) is 1.62. The maximum atomic E-state index is 12.6. The first-order chi connectivity index (χ1) is 16.8. The highest BCUT2D eigenvalue weighted by Crippen LogP contribution is 2.32. The van der Waals surface area contributed by atoms with Crippen molar-refractivity contribution in [3.63, 3.8) is 0 Å². The van der Waals surface area contributed by atoms with Crippen LogP contribution in [0.2, 0.25) is 0 Å². The van der Waals surface area contributed by atoms with Gasteiger partial charge in [-0.3, -0.25) is 4.98 Å². The molecule has 4 rings (SSSR count). The number of aryl methyl sites for hydroxylation is 1. The predicted molar refractivity (Wildman–Crippen MR) is 128 cm³/mol. The second kappa shape index (κ2) is 10.1. The van der Waals surface area contributed by atoms with Crippen molar-refractivity contribution in [3.8, 4) is 5.75 Å². The van der Waals surface area contributed by atoms with Crippen LogP contribution in [0.1, 0.15) is 16.8 Å². The summed E-state index contributed by atoms with van der Waals surface area (Å²) in [5, 5.41) is 4.88. The molecule has 0 spiro atoms. The van der Waals surface area contributed by atoms with Gasteiger partial charge < -0.3 is 19.4 Å². The van der Waals surface area contributed by atoms with Crippen LogP contribution in [-0.4, -0.2) is 35.9 Å². The van der Waals surface area contributed by atoms with E-state index in [1.807, 2.05) is 31.2 Å². The number of methoxy groups -OCH3 is 1. The lowest BCUT2D eigenvalue weighted by atomic mass is 10.1. The number of halogens is 3. The van der Waals surface area contributed by atoms with Crippen molar-refractivity contribution in [2.45, 2.75) is 19.6 Å². The summed E-state index contributed by atoms with van der Waals surface area (Å²) in [6, 6.07) is 12.6. The number of hydrogen-bond donors (Lipinski definition) is 1. The lowest BCUT2D eigenvalue weighted by Crippen LogP contribution is -2.28. The maximum Gasteiger partial charge on any atom is 0.416 e.